The number of benzene rings is 1. The molecule has 1 aliphatic heterocycles. The van der Waals surface area contributed by atoms with Gasteiger partial charge in [-0.15, -0.1) is 0 Å². The van der Waals surface area contributed by atoms with E-state index in [1.165, 1.54) is 12.3 Å². The lowest BCUT2D eigenvalue weighted by Crippen LogP contribution is -2.26. The van der Waals surface area contributed by atoms with Gasteiger partial charge in [0.05, 0.1) is 0 Å². The highest BCUT2D eigenvalue weighted by Gasteiger charge is 2.24. The highest BCUT2D eigenvalue weighted by atomic mass is 16.6. The number of nitrogens with zero attached hydrogens (tertiary/aromatic N) is 1. The van der Waals surface area contributed by atoms with E-state index < -0.39 is 0 Å². The lowest BCUT2D eigenvalue weighted by atomic mass is 10.2. The minimum absolute atomic E-state index is 0.238. The molecule has 1 aromatic carbocycles. The maximum atomic E-state index is 12.4. The largest absolute Gasteiger partial charge is 0.486 e. The number of carbonyl (C=O) groups is 2. The number of hydrogen-bond acceptors (Lipinski definition) is 5. The molecule has 128 valence electrons. The average Bonchev–Trinajstić information content (AvgIpc) is 3.45. The van der Waals surface area contributed by atoms with Gasteiger partial charge in [0.25, 0.3) is 11.8 Å². The first kappa shape index (κ1) is 15.4. The van der Waals surface area contributed by atoms with Crippen LogP contribution in [0, 0.1) is 0 Å². The van der Waals surface area contributed by atoms with Crippen molar-refractivity contribution in [2.45, 2.75) is 18.9 Å². The van der Waals surface area contributed by atoms with Crippen LogP contribution in [0.1, 0.15) is 33.7 Å². The number of hydrogen-bond donors (Lipinski definition) is 2. The average molecular weight is 339 g/mol. The lowest BCUT2D eigenvalue weighted by Gasteiger charge is -2.19. The van der Waals surface area contributed by atoms with Gasteiger partial charge in [0.1, 0.15) is 18.9 Å². The monoisotopic (exact) mass is 339 g/mol. The van der Waals surface area contributed by atoms with Crippen LogP contribution in [0.25, 0.3) is 0 Å². The molecular formula is C18H17N3O4. The number of nitrogens with one attached hydrogen (secondary N) is 2. The molecule has 2 amide bonds. The van der Waals surface area contributed by atoms with Crippen LogP contribution in [0.3, 0.4) is 0 Å². The Morgan fingerprint density at radius 2 is 1.80 bits per heavy atom. The van der Waals surface area contributed by atoms with E-state index in [-0.39, 0.29) is 23.6 Å². The summed E-state index contributed by atoms with van der Waals surface area (Å²) in [6, 6.07) is 8.52. The van der Waals surface area contributed by atoms with Crippen LogP contribution in [-0.4, -0.2) is 36.1 Å². The van der Waals surface area contributed by atoms with Crippen molar-refractivity contribution >= 4 is 17.5 Å². The standard InChI is InChI=1S/C18H17N3O4/c22-17(21-13-3-4-15-16(10-13)25-8-7-24-15)11-5-6-19-14(9-11)18(23)20-12-1-2-12/h3-6,9-10,12H,1-2,7-8H2,(H,20,23)(H,21,22). The third kappa shape index (κ3) is 3.55. The van der Waals surface area contributed by atoms with E-state index in [0.29, 0.717) is 36.0 Å². The molecule has 2 aliphatic rings. The molecule has 0 unspecified atom stereocenters. The smallest absolute Gasteiger partial charge is 0.270 e. The first-order chi connectivity index (χ1) is 12.2. The van der Waals surface area contributed by atoms with Crippen LogP contribution in [0.5, 0.6) is 11.5 Å². The zero-order valence-corrected chi connectivity index (χ0v) is 13.5. The predicted octanol–water partition coefficient (Wildman–Crippen LogP) is 2.00. The van der Waals surface area contributed by atoms with Crippen LogP contribution in [0.4, 0.5) is 5.69 Å². The van der Waals surface area contributed by atoms with Gasteiger partial charge in [-0.25, -0.2) is 0 Å². The SMILES string of the molecule is O=C(Nc1ccc2c(c1)OCCO2)c1ccnc(C(=O)NC2CC2)c1. The number of fused-ring (bicyclic) bond motifs is 1. The van der Waals surface area contributed by atoms with Crippen molar-refractivity contribution in [3.63, 3.8) is 0 Å². The molecule has 0 bridgehead atoms. The molecule has 0 saturated heterocycles. The Balaban J connectivity index is 1.48. The van der Waals surface area contributed by atoms with Crippen molar-refractivity contribution in [1.29, 1.82) is 0 Å². The predicted molar refractivity (Wildman–Crippen MR) is 90.1 cm³/mol. The lowest BCUT2D eigenvalue weighted by molar-refractivity contribution is 0.0946. The van der Waals surface area contributed by atoms with Gasteiger partial charge in [0, 0.05) is 29.6 Å². The normalized spacial score (nSPS) is 15.4. The number of amides is 2. The highest BCUT2D eigenvalue weighted by Crippen LogP contribution is 2.32. The van der Waals surface area contributed by atoms with Gasteiger partial charge in [-0.1, -0.05) is 0 Å². The van der Waals surface area contributed by atoms with Crippen LogP contribution in [-0.2, 0) is 0 Å². The molecule has 7 nitrogen and oxygen atoms in total. The Labute approximate surface area is 144 Å². The second kappa shape index (κ2) is 6.43. The number of aromatic nitrogens is 1. The quantitative estimate of drug-likeness (QED) is 0.889. The van der Waals surface area contributed by atoms with Gasteiger partial charge in [-0.2, -0.15) is 0 Å². The Bertz CT molecular complexity index is 833. The first-order valence-electron chi connectivity index (χ1n) is 8.17. The summed E-state index contributed by atoms with van der Waals surface area (Å²) in [6.07, 6.45) is 3.45. The van der Waals surface area contributed by atoms with Gasteiger partial charge in [0.15, 0.2) is 11.5 Å². The Kier molecular flexibility index (Phi) is 3.97. The molecule has 25 heavy (non-hydrogen) atoms. The van der Waals surface area contributed by atoms with Crippen LogP contribution in [0.15, 0.2) is 36.5 Å². The summed E-state index contributed by atoms with van der Waals surface area (Å²) < 4.78 is 11.0. The molecule has 2 aromatic rings. The summed E-state index contributed by atoms with van der Waals surface area (Å²) in [6.45, 7) is 0.996. The van der Waals surface area contributed by atoms with E-state index in [4.69, 9.17) is 9.47 Å². The Hall–Kier alpha value is -3.09. The minimum atomic E-state index is -0.320. The number of rotatable bonds is 4. The summed E-state index contributed by atoms with van der Waals surface area (Å²) in [7, 11) is 0. The summed E-state index contributed by atoms with van der Waals surface area (Å²) in [5, 5.41) is 5.65. The van der Waals surface area contributed by atoms with Crippen molar-refractivity contribution in [1.82, 2.24) is 10.3 Å². The van der Waals surface area contributed by atoms with Crippen molar-refractivity contribution in [3.05, 3.63) is 47.8 Å². The summed E-state index contributed by atoms with van der Waals surface area (Å²) in [5.41, 5.74) is 1.20. The fourth-order valence-electron chi connectivity index (χ4n) is 2.51. The summed E-state index contributed by atoms with van der Waals surface area (Å²) in [5.74, 6) is 0.687. The zero-order chi connectivity index (χ0) is 17.2. The van der Waals surface area contributed by atoms with Gasteiger partial charge in [-0.05, 0) is 37.1 Å². The molecule has 1 saturated carbocycles. The number of carbonyl (C=O) groups excluding carboxylic acids is 2. The van der Waals surface area contributed by atoms with E-state index in [9.17, 15) is 9.59 Å². The number of anilines is 1. The van der Waals surface area contributed by atoms with Crippen LogP contribution < -0.4 is 20.1 Å². The third-order valence-corrected chi connectivity index (χ3v) is 3.97. The van der Waals surface area contributed by atoms with Crippen molar-refractivity contribution in [2.75, 3.05) is 18.5 Å². The third-order valence-electron chi connectivity index (χ3n) is 3.97. The summed E-state index contributed by atoms with van der Waals surface area (Å²) in [4.78, 5) is 28.5. The maximum Gasteiger partial charge on any atom is 0.270 e. The molecular weight excluding hydrogens is 322 g/mol. The second-order valence-electron chi connectivity index (χ2n) is 5.99. The van der Waals surface area contributed by atoms with Crippen molar-refractivity contribution in [3.8, 4) is 11.5 Å². The number of pyridine rings is 1. The maximum absolute atomic E-state index is 12.4. The Morgan fingerprint density at radius 3 is 2.60 bits per heavy atom. The fraction of sp³-hybridized carbons (Fsp3) is 0.278. The molecule has 1 fully saturated rings. The zero-order valence-electron chi connectivity index (χ0n) is 13.5. The van der Waals surface area contributed by atoms with Crippen molar-refractivity contribution < 1.29 is 19.1 Å². The topological polar surface area (TPSA) is 89.6 Å². The van der Waals surface area contributed by atoms with E-state index in [1.807, 2.05) is 0 Å². The minimum Gasteiger partial charge on any atom is -0.486 e. The van der Waals surface area contributed by atoms with E-state index in [0.717, 1.165) is 12.8 Å². The van der Waals surface area contributed by atoms with E-state index in [1.54, 1.807) is 24.3 Å². The van der Waals surface area contributed by atoms with Gasteiger partial charge in [0.2, 0.25) is 0 Å². The highest BCUT2D eigenvalue weighted by molar-refractivity contribution is 6.05. The first-order valence-corrected chi connectivity index (χ1v) is 8.17. The molecule has 1 aliphatic carbocycles. The molecule has 1 aromatic heterocycles. The molecule has 0 atom stereocenters. The molecule has 7 heteroatoms. The molecule has 2 heterocycles. The van der Waals surface area contributed by atoms with Gasteiger partial charge >= 0.3 is 0 Å². The second-order valence-corrected chi connectivity index (χ2v) is 5.99. The van der Waals surface area contributed by atoms with Crippen LogP contribution in [0.2, 0.25) is 0 Å². The van der Waals surface area contributed by atoms with Crippen LogP contribution >= 0.6 is 0 Å². The van der Waals surface area contributed by atoms with Gasteiger partial charge < -0.3 is 20.1 Å². The number of ether oxygens (including phenoxy) is 2. The van der Waals surface area contributed by atoms with E-state index in [2.05, 4.69) is 15.6 Å². The molecule has 4 rings (SSSR count). The summed E-state index contributed by atoms with van der Waals surface area (Å²) >= 11 is 0. The molecule has 0 radical (unpaired) electrons. The van der Waals surface area contributed by atoms with Gasteiger partial charge in [-0.3, -0.25) is 14.6 Å². The fourth-order valence-corrected chi connectivity index (χ4v) is 2.51. The Morgan fingerprint density at radius 1 is 1.00 bits per heavy atom. The van der Waals surface area contributed by atoms with Crippen molar-refractivity contribution in [2.24, 2.45) is 0 Å². The molecule has 2 N–H and O–H groups in total. The molecule has 0 spiro atoms. The van der Waals surface area contributed by atoms with E-state index >= 15 is 0 Å².